The van der Waals surface area contributed by atoms with Crippen LogP contribution in [0.1, 0.15) is 55.6 Å². The van der Waals surface area contributed by atoms with E-state index in [-0.39, 0.29) is 17.1 Å². The van der Waals surface area contributed by atoms with Gasteiger partial charge in [-0.3, -0.25) is 9.59 Å². The number of carbonyl (C=O) groups is 2. The average molecular weight is 570 g/mol. The molecule has 1 saturated carbocycles. The van der Waals surface area contributed by atoms with Crippen LogP contribution in [0, 0.1) is 17.3 Å². The van der Waals surface area contributed by atoms with Crippen molar-refractivity contribution >= 4 is 11.8 Å². The molecule has 41 heavy (non-hydrogen) atoms. The third-order valence-electron chi connectivity index (χ3n) is 9.62. The van der Waals surface area contributed by atoms with Gasteiger partial charge in [-0.1, -0.05) is 42.5 Å². The largest absolute Gasteiger partial charge is 0.573 e. The maximum atomic E-state index is 13.5. The van der Waals surface area contributed by atoms with Crippen molar-refractivity contribution in [2.75, 3.05) is 39.3 Å². The van der Waals surface area contributed by atoms with Crippen LogP contribution in [0.15, 0.2) is 54.6 Å². The number of benzene rings is 2. The zero-order valence-electron chi connectivity index (χ0n) is 23.3. The number of likely N-dealkylation sites (tertiary alicyclic amines) is 3. The van der Waals surface area contributed by atoms with Gasteiger partial charge in [0.15, 0.2) is 0 Å². The van der Waals surface area contributed by atoms with E-state index >= 15 is 0 Å². The lowest BCUT2D eigenvalue weighted by atomic mass is 9.76. The fourth-order valence-corrected chi connectivity index (χ4v) is 7.06. The molecule has 4 aliphatic rings. The maximum absolute atomic E-state index is 13.5. The van der Waals surface area contributed by atoms with E-state index in [9.17, 15) is 22.8 Å². The van der Waals surface area contributed by atoms with Crippen LogP contribution < -0.4 is 4.74 Å². The lowest BCUT2D eigenvalue weighted by molar-refractivity contribution is -0.274. The topological polar surface area (TPSA) is 53.1 Å². The molecule has 2 aromatic rings. The van der Waals surface area contributed by atoms with Gasteiger partial charge >= 0.3 is 6.36 Å². The van der Waals surface area contributed by atoms with Gasteiger partial charge in [-0.25, -0.2) is 0 Å². The molecule has 3 saturated heterocycles. The quantitative estimate of drug-likeness (QED) is 0.425. The minimum atomic E-state index is -4.72. The highest BCUT2D eigenvalue weighted by Gasteiger charge is 2.48. The molecule has 1 spiro atoms. The molecule has 2 aromatic carbocycles. The summed E-state index contributed by atoms with van der Waals surface area (Å²) in [7, 11) is 0. The van der Waals surface area contributed by atoms with Gasteiger partial charge in [0.05, 0.1) is 5.41 Å². The van der Waals surface area contributed by atoms with E-state index in [0.29, 0.717) is 43.2 Å². The van der Waals surface area contributed by atoms with Crippen LogP contribution in [-0.4, -0.2) is 72.1 Å². The Hall–Kier alpha value is -3.07. The predicted molar refractivity (Wildman–Crippen MR) is 148 cm³/mol. The zero-order chi connectivity index (χ0) is 28.6. The van der Waals surface area contributed by atoms with Crippen molar-refractivity contribution in [2.24, 2.45) is 17.3 Å². The van der Waals surface area contributed by atoms with Gasteiger partial charge in [0.2, 0.25) is 11.8 Å². The summed E-state index contributed by atoms with van der Waals surface area (Å²) in [5.74, 6) is 1.48. The highest BCUT2D eigenvalue weighted by Crippen LogP contribution is 2.43. The van der Waals surface area contributed by atoms with Crippen molar-refractivity contribution in [3.63, 3.8) is 0 Å². The number of carbonyl (C=O) groups excluding carboxylic acids is 2. The molecule has 6 nitrogen and oxygen atoms in total. The number of hydrogen-bond acceptors (Lipinski definition) is 4. The van der Waals surface area contributed by atoms with E-state index in [4.69, 9.17) is 0 Å². The lowest BCUT2D eigenvalue weighted by Gasteiger charge is -2.39. The molecule has 2 atom stereocenters. The minimum absolute atomic E-state index is 0.160. The molecule has 2 amide bonds. The summed E-state index contributed by atoms with van der Waals surface area (Å²) in [5.41, 5.74) is 1.74. The molecule has 220 valence electrons. The Morgan fingerprint density at radius 1 is 0.927 bits per heavy atom. The van der Waals surface area contributed by atoms with Crippen molar-refractivity contribution in [2.45, 2.75) is 57.3 Å². The number of nitrogens with zero attached hydrogens (tertiary/aromatic N) is 3. The molecule has 0 aromatic heterocycles. The Bertz CT molecular complexity index is 1220. The predicted octanol–water partition coefficient (Wildman–Crippen LogP) is 5.44. The van der Waals surface area contributed by atoms with Gasteiger partial charge in [0, 0.05) is 45.1 Å². The monoisotopic (exact) mass is 569 g/mol. The first-order valence-corrected chi connectivity index (χ1v) is 14.9. The first-order chi connectivity index (χ1) is 19.7. The van der Waals surface area contributed by atoms with E-state index < -0.39 is 6.36 Å². The fraction of sp³-hybridized carbons (Fsp3) is 0.562. The molecule has 1 aliphatic carbocycles. The third kappa shape index (κ3) is 6.55. The van der Waals surface area contributed by atoms with E-state index in [0.717, 1.165) is 57.5 Å². The smallest absolute Gasteiger partial charge is 0.406 e. The van der Waals surface area contributed by atoms with E-state index in [1.165, 1.54) is 30.5 Å². The van der Waals surface area contributed by atoms with Crippen molar-refractivity contribution in [3.05, 3.63) is 65.7 Å². The molecule has 0 bridgehead atoms. The summed E-state index contributed by atoms with van der Waals surface area (Å²) in [6.07, 6.45) is 0.765. The van der Waals surface area contributed by atoms with Crippen molar-refractivity contribution in [1.29, 1.82) is 0 Å². The fourth-order valence-electron chi connectivity index (χ4n) is 7.06. The normalized spacial score (nSPS) is 24.8. The van der Waals surface area contributed by atoms with E-state index in [2.05, 4.69) is 38.8 Å². The number of ether oxygens (including phenoxy) is 1. The summed E-state index contributed by atoms with van der Waals surface area (Å²) in [6.45, 7) is 5.28. The molecular formula is C32H38F3N3O3. The number of rotatable bonds is 8. The van der Waals surface area contributed by atoms with Gasteiger partial charge in [-0.15, -0.1) is 13.2 Å². The van der Waals surface area contributed by atoms with Crippen LogP contribution in [0.3, 0.4) is 0 Å². The van der Waals surface area contributed by atoms with Crippen molar-refractivity contribution < 1.29 is 27.5 Å². The summed E-state index contributed by atoms with van der Waals surface area (Å²) >= 11 is 0. The average Bonchev–Trinajstić information content (AvgIpc) is 3.59. The van der Waals surface area contributed by atoms with Crippen LogP contribution in [0.4, 0.5) is 13.2 Å². The van der Waals surface area contributed by atoms with Crippen LogP contribution in [-0.2, 0) is 16.1 Å². The highest BCUT2D eigenvalue weighted by molar-refractivity contribution is 5.85. The lowest BCUT2D eigenvalue weighted by Crippen LogP contribution is -2.46. The summed E-state index contributed by atoms with van der Waals surface area (Å²) in [6, 6.07) is 16.3. The first kappa shape index (κ1) is 28.1. The SMILES string of the molecule is O=C(CC1CC1)N1C[C@H](CN2CCC3(CC2)CCN(Cc2ccc(OC(F)(F)F)cc2)C3=O)[C@@H](c2ccccc2)C1. The molecule has 9 heteroatoms. The second-order valence-electron chi connectivity index (χ2n) is 12.5. The van der Waals surface area contributed by atoms with Crippen molar-refractivity contribution in [1.82, 2.24) is 14.7 Å². The molecule has 6 rings (SSSR count). The second kappa shape index (κ2) is 11.3. The van der Waals surface area contributed by atoms with Gasteiger partial charge in [0.25, 0.3) is 0 Å². The highest BCUT2D eigenvalue weighted by atomic mass is 19.4. The number of halogens is 3. The Morgan fingerprint density at radius 3 is 2.27 bits per heavy atom. The van der Waals surface area contributed by atoms with Crippen LogP contribution >= 0.6 is 0 Å². The molecule has 0 unspecified atom stereocenters. The van der Waals surface area contributed by atoms with E-state index in [1.807, 2.05) is 11.0 Å². The van der Waals surface area contributed by atoms with Crippen molar-refractivity contribution in [3.8, 4) is 5.75 Å². The first-order valence-electron chi connectivity index (χ1n) is 14.9. The van der Waals surface area contributed by atoms with Gasteiger partial charge in [-0.05, 0) is 80.3 Å². The zero-order valence-corrected chi connectivity index (χ0v) is 23.3. The number of hydrogen-bond donors (Lipinski definition) is 0. The number of amides is 2. The number of alkyl halides is 3. The van der Waals surface area contributed by atoms with Gasteiger partial charge < -0.3 is 19.4 Å². The molecular weight excluding hydrogens is 531 g/mol. The summed E-state index contributed by atoms with van der Waals surface area (Å²) in [4.78, 5) is 32.9. The Labute approximate surface area is 239 Å². The molecule has 0 N–H and O–H groups in total. The Balaban J connectivity index is 1.04. The van der Waals surface area contributed by atoms with Gasteiger partial charge in [0.1, 0.15) is 5.75 Å². The summed E-state index contributed by atoms with van der Waals surface area (Å²) < 4.78 is 41.3. The summed E-state index contributed by atoms with van der Waals surface area (Å²) in [5, 5.41) is 0. The van der Waals surface area contributed by atoms with Crippen LogP contribution in [0.2, 0.25) is 0 Å². The Kier molecular flexibility index (Phi) is 7.74. The standard InChI is InChI=1S/C32H38F3N3O3/c33-32(34,35)41-27-10-8-24(9-11-27)19-37-17-14-31(30(37)40)12-15-36(16-13-31)20-26-21-38(29(39)18-23-6-7-23)22-28(26)25-4-2-1-3-5-25/h1-5,8-11,23,26,28H,6-7,12-22H2/t26-,28+/m0/s1. The third-order valence-corrected chi connectivity index (χ3v) is 9.62. The minimum Gasteiger partial charge on any atom is -0.406 e. The van der Waals surface area contributed by atoms with Crippen LogP contribution in [0.5, 0.6) is 5.75 Å². The van der Waals surface area contributed by atoms with Gasteiger partial charge in [-0.2, -0.15) is 0 Å². The number of piperidine rings is 1. The molecule has 3 heterocycles. The molecule has 0 radical (unpaired) electrons. The second-order valence-corrected chi connectivity index (χ2v) is 12.5. The Morgan fingerprint density at radius 2 is 1.61 bits per heavy atom. The van der Waals surface area contributed by atoms with Crippen LogP contribution in [0.25, 0.3) is 0 Å². The molecule has 3 aliphatic heterocycles. The maximum Gasteiger partial charge on any atom is 0.573 e. The molecule has 4 fully saturated rings. The van der Waals surface area contributed by atoms with E-state index in [1.54, 1.807) is 12.1 Å².